The van der Waals surface area contributed by atoms with Gasteiger partial charge >= 0.3 is 5.97 Å². The molecule has 0 atom stereocenters. The first-order chi connectivity index (χ1) is 7.54. The average Bonchev–Trinajstić information content (AvgIpc) is 2.58. The van der Waals surface area contributed by atoms with Crippen LogP contribution >= 0.6 is 22.9 Å². The van der Waals surface area contributed by atoms with Crippen LogP contribution in [0.3, 0.4) is 0 Å². The molecule has 16 heavy (non-hydrogen) atoms. The van der Waals surface area contributed by atoms with Crippen molar-refractivity contribution in [2.75, 3.05) is 19.0 Å². The Morgan fingerprint density at radius 2 is 2.31 bits per heavy atom. The number of halogens is 1. The largest absolute Gasteiger partial charge is 0.465 e. The second-order valence-corrected chi connectivity index (χ2v) is 4.65. The molecule has 0 amide bonds. The molecule has 0 aromatic carbocycles. The molecule has 1 rings (SSSR count). The molecule has 0 aliphatic rings. The number of ether oxygens (including phenoxy) is 1. The highest BCUT2D eigenvalue weighted by molar-refractivity contribution is 7.18. The summed E-state index contributed by atoms with van der Waals surface area (Å²) in [6.45, 7) is 4.68. The number of carbonyl (C=O) groups excluding carboxylic acids is 1. The maximum absolute atomic E-state index is 11.3. The standard InChI is InChI=1S/C10H13ClN2O2S/c1-6(2)4-5-12-10-13-8(11)7(16-10)9(14)15-3/h4H,5H2,1-3H3,(H,12,13). The molecule has 88 valence electrons. The van der Waals surface area contributed by atoms with Crippen LogP contribution in [0.1, 0.15) is 23.5 Å². The molecule has 0 radical (unpaired) electrons. The first-order valence-corrected chi connectivity index (χ1v) is 5.86. The van der Waals surface area contributed by atoms with Gasteiger partial charge in [0.05, 0.1) is 7.11 Å². The van der Waals surface area contributed by atoms with Crippen LogP contribution in [0.2, 0.25) is 5.15 Å². The third-order valence-corrected chi connectivity index (χ3v) is 3.10. The van der Waals surface area contributed by atoms with E-state index in [1.807, 2.05) is 19.9 Å². The van der Waals surface area contributed by atoms with Crippen LogP contribution in [0.4, 0.5) is 5.13 Å². The van der Waals surface area contributed by atoms with Gasteiger partial charge in [0, 0.05) is 6.54 Å². The molecular formula is C10H13ClN2O2S. The monoisotopic (exact) mass is 260 g/mol. The molecule has 0 bridgehead atoms. The van der Waals surface area contributed by atoms with Crippen molar-refractivity contribution in [1.29, 1.82) is 0 Å². The van der Waals surface area contributed by atoms with E-state index >= 15 is 0 Å². The van der Waals surface area contributed by atoms with E-state index in [0.717, 1.165) is 0 Å². The van der Waals surface area contributed by atoms with Gasteiger partial charge in [-0.3, -0.25) is 0 Å². The average molecular weight is 261 g/mol. The van der Waals surface area contributed by atoms with E-state index in [-0.39, 0.29) is 5.15 Å². The Bertz CT molecular complexity index is 411. The van der Waals surface area contributed by atoms with E-state index in [2.05, 4.69) is 15.0 Å². The number of nitrogens with one attached hydrogen (secondary N) is 1. The van der Waals surface area contributed by atoms with Crippen LogP contribution in [-0.4, -0.2) is 24.6 Å². The van der Waals surface area contributed by atoms with Crippen molar-refractivity contribution in [2.45, 2.75) is 13.8 Å². The number of carbonyl (C=O) groups is 1. The van der Waals surface area contributed by atoms with E-state index in [4.69, 9.17) is 11.6 Å². The number of esters is 1. The van der Waals surface area contributed by atoms with Crippen molar-refractivity contribution >= 4 is 34.0 Å². The van der Waals surface area contributed by atoms with E-state index < -0.39 is 5.97 Å². The van der Waals surface area contributed by atoms with Gasteiger partial charge in [-0.15, -0.1) is 0 Å². The smallest absolute Gasteiger partial charge is 0.351 e. The normalized spacial score (nSPS) is 9.75. The molecule has 1 aromatic heterocycles. The predicted octanol–water partition coefficient (Wildman–Crippen LogP) is 2.96. The summed E-state index contributed by atoms with van der Waals surface area (Å²) in [4.78, 5) is 15.6. The Hall–Kier alpha value is -1.07. The summed E-state index contributed by atoms with van der Waals surface area (Å²) in [5, 5.41) is 3.85. The van der Waals surface area contributed by atoms with Crippen LogP contribution in [0, 0.1) is 0 Å². The molecule has 4 nitrogen and oxygen atoms in total. The third kappa shape index (κ3) is 3.50. The molecule has 0 spiro atoms. The Labute approximate surface area is 103 Å². The lowest BCUT2D eigenvalue weighted by molar-refractivity contribution is 0.0606. The Morgan fingerprint density at radius 1 is 1.62 bits per heavy atom. The number of hydrogen-bond donors (Lipinski definition) is 1. The predicted molar refractivity (Wildman–Crippen MR) is 66.4 cm³/mol. The van der Waals surface area contributed by atoms with Crippen molar-refractivity contribution in [3.8, 4) is 0 Å². The minimum absolute atomic E-state index is 0.177. The highest BCUT2D eigenvalue weighted by Crippen LogP contribution is 2.27. The van der Waals surface area contributed by atoms with E-state index in [1.165, 1.54) is 24.0 Å². The number of thiazole rings is 1. The molecule has 6 heteroatoms. The number of aromatic nitrogens is 1. The second kappa shape index (κ2) is 5.86. The molecule has 1 heterocycles. The number of allylic oxidation sites excluding steroid dienone is 1. The van der Waals surface area contributed by atoms with E-state index in [9.17, 15) is 4.79 Å². The summed E-state index contributed by atoms with van der Waals surface area (Å²) in [6.07, 6.45) is 2.02. The van der Waals surface area contributed by atoms with Crippen LogP contribution < -0.4 is 5.32 Å². The van der Waals surface area contributed by atoms with Crippen molar-refractivity contribution < 1.29 is 9.53 Å². The molecule has 0 saturated carbocycles. The van der Waals surface area contributed by atoms with Gasteiger partial charge in [0.15, 0.2) is 15.2 Å². The topological polar surface area (TPSA) is 51.2 Å². The Balaban J connectivity index is 2.70. The zero-order valence-corrected chi connectivity index (χ0v) is 10.9. The SMILES string of the molecule is COC(=O)c1sc(NCC=C(C)C)nc1Cl. The quantitative estimate of drug-likeness (QED) is 0.668. The lowest BCUT2D eigenvalue weighted by Gasteiger charge is -1.96. The first kappa shape index (κ1) is 13.0. The fourth-order valence-corrected chi connectivity index (χ4v) is 2.05. The minimum Gasteiger partial charge on any atom is -0.465 e. The van der Waals surface area contributed by atoms with Gasteiger partial charge in [-0.1, -0.05) is 34.6 Å². The van der Waals surface area contributed by atoms with Crippen LogP contribution in [0.15, 0.2) is 11.6 Å². The number of anilines is 1. The number of rotatable bonds is 4. The summed E-state index contributed by atoms with van der Waals surface area (Å²) in [5.74, 6) is -0.460. The van der Waals surface area contributed by atoms with Gasteiger partial charge in [0.2, 0.25) is 0 Å². The lowest BCUT2D eigenvalue weighted by atomic mass is 10.3. The van der Waals surface area contributed by atoms with E-state index in [0.29, 0.717) is 16.6 Å². The van der Waals surface area contributed by atoms with Crippen molar-refractivity contribution in [2.24, 2.45) is 0 Å². The Kier molecular flexibility index (Phi) is 4.76. The number of methoxy groups -OCH3 is 1. The van der Waals surface area contributed by atoms with Gasteiger partial charge in [-0.2, -0.15) is 0 Å². The van der Waals surface area contributed by atoms with Crippen LogP contribution in [0.25, 0.3) is 0 Å². The molecule has 0 aliphatic carbocycles. The highest BCUT2D eigenvalue weighted by Gasteiger charge is 2.16. The van der Waals surface area contributed by atoms with Crippen LogP contribution in [-0.2, 0) is 4.74 Å². The van der Waals surface area contributed by atoms with E-state index in [1.54, 1.807) is 0 Å². The van der Waals surface area contributed by atoms with Crippen molar-refractivity contribution in [3.05, 3.63) is 21.7 Å². The zero-order chi connectivity index (χ0) is 12.1. The molecule has 0 aliphatic heterocycles. The third-order valence-electron chi connectivity index (χ3n) is 1.72. The fraction of sp³-hybridized carbons (Fsp3) is 0.400. The second-order valence-electron chi connectivity index (χ2n) is 3.29. The Morgan fingerprint density at radius 3 is 2.88 bits per heavy atom. The minimum atomic E-state index is -0.460. The van der Waals surface area contributed by atoms with Gasteiger partial charge < -0.3 is 10.1 Å². The summed E-state index contributed by atoms with van der Waals surface area (Å²) in [7, 11) is 1.31. The van der Waals surface area contributed by atoms with Crippen LogP contribution in [0.5, 0.6) is 0 Å². The molecule has 1 N–H and O–H groups in total. The number of nitrogens with zero attached hydrogens (tertiary/aromatic N) is 1. The molecule has 0 saturated heterocycles. The zero-order valence-electron chi connectivity index (χ0n) is 9.33. The summed E-state index contributed by atoms with van der Waals surface area (Å²) in [5.41, 5.74) is 1.21. The molecule has 0 unspecified atom stereocenters. The molecule has 1 aromatic rings. The highest BCUT2D eigenvalue weighted by atomic mass is 35.5. The summed E-state index contributed by atoms with van der Waals surface area (Å²) >= 11 is 6.99. The van der Waals surface area contributed by atoms with Gasteiger partial charge in [0.1, 0.15) is 0 Å². The first-order valence-electron chi connectivity index (χ1n) is 4.66. The molecular weight excluding hydrogens is 248 g/mol. The fourth-order valence-electron chi connectivity index (χ4n) is 0.938. The van der Waals surface area contributed by atoms with Crippen molar-refractivity contribution in [1.82, 2.24) is 4.98 Å². The lowest BCUT2D eigenvalue weighted by Crippen LogP contribution is -1.98. The van der Waals surface area contributed by atoms with Crippen molar-refractivity contribution in [3.63, 3.8) is 0 Å². The summed E-state index contributed by atoms with van der Waals surface area (Å²) < 4.78 is 4.58. The molecule has 0 fully saturated rings. The maximum atomic E-state index is 11.3. The maximum Gasteiger partial charge on any atom is 0.351 e. The van der Waals surface area contributed by atoms with Gasteiger partial charge in [0.25, 0.3) is 0 Å². The number of hydrogen-bond acceptors (Lipinski definition) is 5. The summed E-state index contributed by atoms with van der Waals surface area (Å²) in [6, 6.07) is 0. The van der Waals surface area contributed by atoms with Gasteiger partial charge in [-0.05, 0) is 13.8 Å². The van der Waals surface area contributed by atoms with Gasteiger partial charge in [-0.25, -0.2) is 9.78 Å².